The fourth-order valence-electron chi connectivity index (χ4n) is 7.26. The summed E-state index contributed by atoms with van der Waals surface area (Å²) in [7, 11) is 0. The van der Waals surface area contributed by atoms with E-state index in [2.05, 4.69) is 31.3 Å². The van der Waals surface area contributed by atoms with Crippen LogP contribution in [0.5, 0.6) is 0 Å². The Labute approximate surface area is 334 Å². The Bertz CT molecular complexity index is 908. The quantitative estimate of drug-likeness (QED) is 0.0243. The molecule has 55 heavy (non-hydrogen) atoms. The van der Waals surface area contributed by atoms with Gasteiger partial charge in [0.2, 0.25) is 5.91 Å². The van der Waals surface area contributed by atoms with Gasteiger partial charge in [0.05, 0.1) is 25.4 Å². The Morgan fingerprint density at radius 2 is 1.05 bits per heavy atom. The molecule has 0 aliphatic carbocycles. The smallest absolute Gasteiger partial charge is 0.249 e. The van der Waals surface area contributed by atoms with Gasteiger partial charge in [-0.25, -0.2) is 0 Å². The molecule has 0 aromatic rings. The van der Waals surface area contributed by atoms with Crippen LogP contribution in [0.1, 0.15) is 194 Å². The predicted octanol–water partition coefficient (Wildman–Crippen LogP) is 6.89. The third-order valence-electron chi connectivity index (χ3n) is 11.1. The van der Waals surface area contributed by atoms with Crippen LogP contribution in [0.3, 0.4) is 0 Å². The molecule has 1 rings (SSSR count). The molecule has 1 heterocycles. The molecular formula is C44H85NO10. The molecule has 9 unspecified atom stereocenters. The monoisotopic (exact) mass is 788 g/mol. The van der Waals surface area contributed by atoms with Crippen LogP contribution in [0.4, 0.5) is 0 Å². The van der Waals surface area contributed by atoms with E-state index in [1.807, 2.05) is 0 Å². The lowest BCUT2D eigenvalue weighted by Gasteiger charge is -2.40. The Hall–Kier alpha value is -1.15. The van der Waals surface area contributed by atoms with Crippen LogP contribution in [-0.2, 0) is 14.3 Å². The fraction of sp³-hybridized carbons (Fsp3) is 0.932. The molecule has 0 saturated carbocycles. The first-order valence-electron chi connectivity index (χ1n) is 22.6. The van der Waals surface area contributed by atoms with Crippen molar-refractivity contribution in [3.8, 4) is 0 Å². The maximum Gasteiger partial charge on any atom is 0.249 e. The van der Waals surface area contributed by atoms with Gasteiger partial charge in [0, 0.05) is 0 Å². The summed E-state index contributed by atoms with van der Waals surface area (Å²) >= 11 is 0. The molecule has 1 aliphatic heterocycles. The van der Waals surface area contributed by atoms with Crippen molar-refractivity contribution in [1.82, 2.24) is 5.32 Å². The van der Waals surface area contributed by atoms with E-state index < -0.39 is 74.2 Å². The van der Waals surface area contributed by atoms with Crippen molar-refractivity contribution < 1.29 is 50.0 Å². The molecule has 326 valence electrons. The van der Waals surface area contributed by atoms with Crippen LogP contribution in [0.2, 0.25) is 0 Å². The summed E-state index contributed by atoms with van der Waals surface area (Å²) in [5, 5.41) is 75.4. The van der Waals surface area contributed by atoms with Crippen LogP contribution in [0, 0.1) is 0 Å². The van der Waals surface area contributed by atoms with Crippen LogP contribution < -0.4 is 5.32 Å². The van der Waals surface area contributed by atoms with E-state index in [9.17, 15) is 40.5 Å². The van der Waals surface area contributed by atoms with E-state index in [4.69, 9.17) is 9.47 Å². The number of hydrogen-bond donors (Lipinski definition) is 8. The maximum absolute atomic E-state index is 13.0. The molecular weight excluding hydrogens is 702 g/mol. The van der Waals surface area contributed by atoms with Crippen LogP contribution in [0.15, 0.2) is 12.2 Å². The Morgan fingerprint density at radius 1 is 0.618 bits per heavy atom. The van der Waals surface area contributed by atoms with Crippen molar-refractivity contribution in [2.75, 3.05) is 13.2 Å². The first kappa shape index (κ1) is 51.9. The van der Waals surface area contributed by atoms with E-state index in [1.54, 1.807) is 0 Å². The number of aliphatic hydroxyl groups is 7. The summed E-state index contributed by atoms with van der Waals surface area (Å²) in [6, 6.07) is -1.16. The number of ether oxygens (including phenoxy) is 2. The maximum atomic E-state index is 13.0. The summed E-state index contributed by atoms with van der Waals surface area (Å²) in [6.45, 7) is 3.41. The number of nitrogens with one attached hydrogen (secondary N) is 1. The van der Waals surface area contributed by atoms with Gasteiger partial charge < -0.3 is 50.5 Å². The topological polar surface area (TPSA) is 189 Å². The van der Waals surface area contributed by atoms with Crippen molar-refractivity contribution in [2.45, 2.75) is 249 Å². The number of carbonyl (C=O) groups is 1. The van der Waals surface area contributed by atoms with Crippen molar-refractivity contribution >= 4 is 5.91 Å². The molecule has 0 aromatic carbocycles. The number of unbranched alkanes of at least 4 members (excludes halogenated alkanes) is 23. The highest BCUT2D eigenvalue weighted by atomic mass is 16.7. The van der Waals surface area contributed by atoms with E-state index in [1.165, 1.54) is 103 Å². The minimum atomic E-state index is -1.66. The van der Waals surface area contributed by atoms with Gasteiger partial charge in [0.15, 0.2) is 6.29 Å². The zero-order valence-electron chi connectivity index (χ0n) is 34.9. The molecule has 1 aliphatic rings. The van der Waals surface area contributed by atoms with Crippen LogP contribution in [0.25, 0.3) is 0 Å². The largest absolute Gasteiger partial charge is 0.394 e. The molecule has 1 saturated heterocycles. The first-order chi connectivity index (χ1) is 26.7. The molecule has 0 radical (unpaired) electrons. The number of aliphatic hydroxyl groups excluding tert-OH is 7. The normalized spacial score (nSPS) is 22.5. The number of carbonyl (C=O) groups excluding carboxylic acids is 1. The standard InChI is InChI=1S/C44H85NO10/c1-3-5-7-9-11-13-15-16-17-18-19-20-21-22-24-26-28-30-32-37(48)43(53)45-35(34-54-44-42(52)41(51)40(50)38(33-46)55-44)39(49)36(47)31-29-27-25-23-14-12-10-8-6-4-2/h18-19,35-42,44,46-52H,3-17,20-34H2,1-2H3,(H,45,53)/b19-18-. The molecule has 0 spiro atoms. The summed E-state index contributed by atoms with van der Waals surface area (Å²) in [5.74, 6) is -0.702. The third-order valence-corrected chi connectivity index (χ3v) is 11.1. The highest BCUT2D eigenvalue weighted by molar-refractivity contribution is 5.80. The van der Waals surface area contributed by atoms with Crippen LogP contribution in [-0.4, -0.2) is 110 Å². The molecule has 0 bridgehead atoms. The molecule has 1 fully saturated rings. The molecule has 1 amide bonds. The second-order valence-electron chi connectivity index (χ2n) is 16.1. The number of rotatable bonds is 37. The van der Waals surface area contributed by atoms with E-state index >= 15 is 0 Å². The van der Waals surface area contributed by atoms with Gasteiger partial charge in [0.25, 0.3) is 0 Å². The van der Waals surface area contributed by atoms with E-state index in [0.717, 1.165) is 51.4 Å². The summed E-state index contributed by atoms with van der Waals surface area (Å²) in [4.78, 5) is 13.0. The molecule has 11 nitrogen and oxygen atoms in total. The zero-order valence-corrected chi connectivity index (χ0v) is 34.9. The van der Waals surface area contributed by atoms with Gasteiger partial charge in [-0.1, -0.05) is 167 Å². The van der Waals surface area contributed by atoms with Gasteiger partial charge in [-0.05, 0) is 38.5 Å². The third kappa shape index (κ3) is 25.1. The molecule has 11 heteroatoms. The minimum absolute atomic E-state index is 0.255. The fourth-order valence-corrected chi connectivity index (χ4v) is 7.26. The van der Waals surface area contributed by atoms with Gasteiger partial charge in [-0.2, -0.15) is 0 Å². The molecule has 9 atom stereocenters. The zero-order chi connectivity index (χ0) is 40.5. The Morgan fingerprint density at radius 3 is 1.53 bits per heavy atom. The summed E-state index contributed by atoms with van der Waals surface area (Å²) in [5.41, 5.74) is 0. The highest BCUT2D eigenvalue weighted by Crippen LogP contribution is 2.23. The van der Waals surface area contributed by atoms with Gasteiger partial charge >= 0.3 is 0 Å². The van der Waals surface area contributed by atoms with Crippen molar-refractivity contribution in [2.24, 2.45) is 0 Å². The summed E-state index contributed by atoms with van der Waals surface area (Å²) < 4.78 is 11.1. The predicted molar refractivity (Wildman–Crippen MR) is 219 cm³/mol. The van der Waals surface area contributed by atoms with E-state index in [-0.39, 0.29) is 6.42 Å². The highest BCUT2D eigenvalue weighted by Gasteiger charge is 2.44. The van der Waals surface area contributed by atoms with Crippen LogP contribution >= 0.6 is 0 Å². The number of allylic oxidation sites excluding steroid dienone is 2. The summed E-state index contributed by atoms with van der Waals surface area (Å²) in [6.07, 6.45) is 24.1. The van der Waals surface area contributed by atoms with Gasteiger partial charge in [-0.15, -0.1) is 0 Å². The Kier molecular flexibility index (Phi) is 32.9. The van der Waals surface area contributed by atoms with E-state index in [0.29, 0.717) is 19.3 Å². The van der Waals surface area contributed by atoms with Crippen molar-refractivity contribution in [3.05, 3.63) is 12.2 Å². The molecule has 8 N–H and O–H groups in total. The first-order valence-corrected chi connectivity index (χ1v) is 22.6. The number of amides is 1. The lowest BCUT2D eigenvalue weighted by Crippen LogP contribution is -2.60. The van der Waals surface area contributed by atoms with Gasteiger partial charge in [-0.3, -0.25) is 4.79 Å². The van der Waals surface area contributed by atoms with Gasteiger partial charge in [0.1, 0.15) is 36.6 Å². The second kappa shape index (κ2) is 34.9. The second-order valence-corrected chi connectivity index (χ2v) is 16.1. The lowest BCUT2D eigenvalue weighted by molar-refractivity contribution is -0.303. The molecule has 0 aromatic heterocycles. The average molecular weight is 788 g/mol. The average Bonchev–Trinajstić information content (AvgIpc) is 3.18. The lowest BCUT2D eigenvalue weighted by atomic mass is 9.98. The van der Waals surface area contributed by atoms with Crippen molar-refractivity contribution in [3.63, 3.8) is 0 Å². The Balaban J connectivity index is 2.44. The SMILES string of the molecule is CCCCCCCCCC/C=C\CCCCCCCCC(O)C(=O)NC(COC1OC(CO)C(O)C(O)C1O)C(O)C(O)CCCCCCCCCCCC. The van der Waals surface area contributed by atoms with Crippen molar-refractivity contribution in [1.29, 1.82) is 0 Å². The minimum Gasteiger partial charge on any atom is -0.394 e. The number of hydrogen-bond acceptors (Lipinski definition) is 10.